The fourth-order valence-electron chi connectivity index (χ4n) is 2.54. The second-order valence-electron chi connectivity index (χ2n) is 5.92. The number of ether oxygens (including phenoxy) is 2. The second-order valence-corrected chi connectivity index (χ2v) is 5.92. The fourth-order valence-corrected chi connectivity index (χ4v) is 2.54. The third-order valence-corrected chi connectivity index (χ3v) is 3.90. The molecule has 0 atom stereocenters. The Morgan fingerprint density at radius 1 is 1.19 bits per heavy atom. The normalized spacial score (nSPS) is 10.4. The number of carbonyl (C=O) groups excluding carboxylic acids is 1. The van der Waals surface area contributed by atoms with Crippen LogP contribution in [0.15, 0.2) is 54.7 Å². The topological polar surface area (TPSA) is 78.3 Å². The maximum atomic E-state index is 12.3. The number of nitrogens with one attached hydrogen (secondary N) is 1. The van der Waals surface area contributed by atoms with Gasteiger partial charge >= 0.3 is 6.09 Å². The van der Waals surface area contributed by atoms with Crippen molar-refractivity contribution in [2.75, 3.05) is 12.4 Å². The van der Waals surface area contributed by atoms with Gasteiger partial charge in [0.25, 0.3) is 0 Å². The van der Waals surface area contributed by atoms with E-state index in [1.165, 1.54) is 0 Å². The van der Waals surface area contributed by atoms with Gasteiger partial charge in [-0.3, -0.25) is 5.32 Å². The molecule has 7 heteroatoms. The molecule has 2 aromatic heterocycles. The van der Waals surface area contributed by atoms with Crippen molar-refractivity contribution in [2.45, 2.75) is 26.2 Å². The van der Waals surface area contributed by atoms with Crippen LogP contribution >= 0.6 is 0 Å². The fraction of sp³-hybridized carbons (Fsp3) is 0.250. The Morgan fingerprint density at radius 3 is 2.67 bits per heavy atom. The Morgan fingerprint density at radius 2 is 2.00 bits per heavy atom. The van der Waals surface area contributed by atoms with Gasteiger partial charge in [0, 0.05) is 12.1 Å². The van der Waals surface area contributed by atoms with E-state index in [1.54, 1.807) is 48.3 Å². The molecule has 27 heavy (non-hydrogen) atoms. The van der Waals surface area contributed by atoms with Crippen LogP contribution < -0.4 is 14.8 Å². The van der Waals surface area contributed by atoms with Crippen LogP contribution in [0.3, 0.4) is 0 Å². The van der Waals surface area contributed by atoms with Gasteiger partial charge in [0.2, 0.25) is 5.88 Å². The number of rotatable bonds is 7. The lowest BCUT2D eigenvalue weighted by Crippen LogP contribution is -2.19. The molecule has 0 saturated carbocycles. The number of pyridine rings is 1. The van der Waals surface area contributed by atoms with Crippen molar-refractivity contribution in [1.82, 2.24) is 14.8 Å². The van der Waals surface area contributed by atoms with E-state index in [0.717, 1.165) is 25.0 Å². The van der Waals surface area contributed by atoms with Crippen LogP contribution in [0.2, 0.25) is 0 Å². The van der Waals surface area contributed by atoms with Gasteiger partial charge in [0.05, 0.1) is 24.7 Å². The minimum Gasteiger partial charge on any atom is -0.481 e. The molecule has 0 aliphatic heterocycles. The molecular formula is C20H22N4O3. The summed E-state index contributed by atoms with van der Waals surface area (Å²) < 4.78 is 12.0. The summed E-state index contributed by atoms with van der Waals surface area (Å²) in [5, 5.41) is 7.36. The maximum absolute atomic E-state index is 12.3. The standard InChI is InChI=1S/C20H22N4O3/c1-3-4-8-15-13-18(22-20(25)27-17-9-6-5-7-10-17)24(23-15)16-11-12-19(26-2)21-14-16/h5-7,9-14H,3-4,8H2,1-2H3,(H,22,25). The highest BCUT2D eigenvalue weighted by Crippen LogP contribution is 2.20. The molecule has 0 aliphatic carbocycles. The molecule has 3 rings (SSSR count). The lowest BCUT2D eigenvalue weighted by atomic mass is 10.2. The zero-order chi connectivity index (χ0) is 19.1. The lowest BCUT2D eigenvalue weighted by Gasteiger charge is -2.09. The number of aromatic nitrogens is 3. The van der Waals surface area contributed by atoms with Crippen molar-refractivity contribution in [3.05, 3.63) is 60.4 Å². The maximum Gasteiger partial charge on any atom is 0.418 e. The average Bonchev–Trinajstić information content (AvgIpc) is 3.09. The van der Waals surface area contributed by atoms with E-state index < -0.39 is 6.09 Å². The third kappa shape index (κ3) is 4.84. The molecule has 2 heterocycles. The summed E-state index contributed by atoms with van der Waals surface area (Å²) in [5.74, 6) is 1.50. The van der Waals surface area contributed by atoms with Crippen LogP contribution in [0.25, 0.3) is 5.69 Å². The highest BCUT2D eigenvalue weighted by Gasteiger charge is 2.14. The van der Waals surface area contributed by atoms with Crippen LogP contribution in [-0.2, 0) is 6.42 Å². The highest BCUT2D eigenvalue weighted by molar-refractivity contribution is 5.85. The molecule has 140 valence electrons. The number of benzene rings is 1. The SMILES string of the molecule is CCCCc1cc(NC(=O)Oc2ccccc2)n(-c2ccc(OC)nc2)n1. The van der Waals surface area contributed by atoms with Crippen LogP contribution in [-0.4, -0.2) is 28.0 Å². The Kier molecular flexibility index (Phi) is 6.04. The monoisotopic (exact) mass is 366 g/mol. The number of amides is 1. The van der Waals surface area contributed by atoms with E-state index in [2.05, 4.69) is 22.3 Å². The van der Waals surface area contributed by atoms with E-state index in [4.69, 9.17) is 9.47 Å². The van der Waals surface area contributed by atoms with E-state index in [0.29, 0.717) is 23.1 Å². The Balaban J connectivity index is 1.83. The number of hydrogen-bond donors (Lipinski definition) is 1. The van der Waals surface area contributed by atoms with Gasteiger partial charge in [0.1, 0.15) is 11.6 Å². The van der Waals surface area contributed by atoms with E-state index in [1.807, 2.05) is 18.2 Å². The largest absolute Gasteiger partial charge is 0.481 e. The van der Waals surface area contributed by atoms with Crippen LogP contribution in [0.1, 0.15) is 25.5 Å². The van der Waals surface area contributed by atoms with E-state index in [9.17, 15) is 4.79 Å². The first-order chi connectivity index (χ1) is 13.2. The summed E-state index contributed by atoms with van der Waals surface area (Å²) in [4.78, 5) is 16.5. The molecular weight excluding hydrogens is 344 g/mol. The van der Waals surface area contributed by atoms with Crippen molar-refractivity contribution < 1.29 is 14.3 Å². The molecule has 1 amide bonds. The number of nitrogens with zero attached hydrogens (tertiary/aromatic N) is 3. The Labute approximate surface area is 158 Å². The Bertz CT molecular complexity index is 876. The summed E-state index contributed by atoms with van der Waals surface area (Å²) in [7, 11) is 1.56. The number of hydrogen-bond acceptors (Lipinski definition) is 5. The van der Waals surface area contributed by atoms with Gasteiger partial charge in [-0.2, -0.15) is 5.10 Å². The molecule has 0 fully saturated rings. The summed E-state index contributed by atoms with van der Waals surface area (Å²) in [6.45, 7) is 2.13. The molecule has 7 nitrogen and oxygen atoms in total. The van der Waals surface area contributed by atoms with Crippen molar-refractivity contribution in [1.29, 1.82) is 0 Å². The minimum absolute atomic E-state index is 0.471. The van der Waals surface area contributed by atoms with Crippen molar-refractivity contribution in [3.8, 4) is 17.3 Å². The van der Waals surface area contributed by atoms with Crippen molar-refractivity contribution in [2.24, 2.45) is 0 Å². The van der Waals surface area contributed by atoms with Gasteiger partial charge in [0.15, 0.2) is 0 Å². The number of aryl methyl sites for hydroxylation is 1. The Hall–Kier alpha value is -3.35. The molecule has 0 radical (unpaired) electrons. The molecule has 3 aromatic rings. The van der Waals surface area contributed by atoms with Crippen LogP contribution in [0.4, 0.5) is 10.6 Å². The quantitative estimate of drug-likeness (QED) is 0.677. The molecule has 0 unspecified atom stereocenters. The van der Waals surface area contributed by atoms with Gasteiger partial charge in [-0.15, -0.1) is 0 Å². The van der Waals surface area contributed by atoms with Crippen molar-refractivity contribution >= 4 is 11.9 Å². The molecule has 0 aliphatic rings. The average molecular weight is 366 g/mol. The smallest absolute Gasteiger partial charge is 0.418 e. The number of para-hydroxylation sites is 1. The van der Waals surface area contributed by atoms with Gasteiger partial charge in [-0.25, -0.2) is 14.5 Å². The predicted octanol–water partition coefficient (Wildman–Crippen LogP) is 4.23. The van der Waals surface area contributed by atoms with Gasteiger partial charge < -0.3 is 9.47 Å². The lowest BCUT2D eigenvalue weighted by molar-refractivity contribution is 0.215. The number of methoxy groups -OCH3 is 1. The molecule has 1 aromatic carbocycles. The van der Waals surface area contributed by atoms with E-state index >= 15 is 0 Å². The first-order valence-corrected chi connectivity index (χ1v) is 8.83. The summed E-state index contributed by atoms with van der Waals surface area (Å²) in [5.41, 5.74) is 1.61. The van der Waals surface area contributed by atoms with E-state index in [-0.39, 0.29) is 0 Å². The number of carbonyl (C=O) groups is 1. The minimum atomic E-state index is -0.578. The zero-order valence-electron chi connectivity index (χ0n) is 15.4. The molecule has 1 N–H and O–H groups in total. The molecule has 0 saturated heterocycles. The zero-order valence-corrected chi connectivity index (χ0v) is 15.4. The van der Waals surface area contributed by atoms with Gasteiger partial charge in [-0.1, -0.05) is 31.5 Å². The molecule has 0 spiro atoms. The number of unbranched alkanes of at least 4 members (excludes halogenated alkanes) is 1. The van der Waals surface area contributed by atoms with Gasteiger partial charge in [-0.05, 0) is 31.0 Å². The van der Waals surface area contributed by atoms with Crippen molar-refractivity contribution in [3.63, 3.8) is 0 Å². The summed E-state index contributed by atoms with van der Waals surface area (Å²) in [6, 6.07) is 14.3. The van der Waals surface area contributed by atoms with Crippen LogP contribution in [0.5, 0.6) is 11.6 Å². The van der Waals surface area contributed by atoms with Crippen LogP contribution in [0, 0.1) is 0 Å². The number of anilines is 1. The molecule has 0 bridgehead atoms. The first kappa shape index (κ1) is 18.4. The summed E-state index contributed by atoms with van der Waals surface area (Å²) in [6.07, 6.45) is 3.98. The third-order valence-electron chi connectivity index (χ3n) is 3.90. The first-order valence-electron chi connectivity index (χ1n) is 8.83. The summed E-state index contributed by atoms with van der Waals surface area (Å²) >= 11 is 0. The second kappa shape index (κ2) is 8.84. The predicted molar refractivity (Wildman–Crippen MR) is 103 cm³/mol. The highest BCUT2D eigenvalue weighted by atomic mass is 16.6.